The van der Waals surface area contributed by atoms with Crippen LogP contribution in [0.25, 0.3) is 0 Å². The van der Waals surface area contributed by atoms with Gasteiger partial charge in [-0.25, -0.2) is 0 Å². The van der Waals surface area contributed by atoms with Crippen LogP contribution in [0.15, 0.2) is 12.1 Å². The van der Waals surface area contributed by atoms with Crippen LogP contribution in [0.1, 0.15) is 36.4 Å². The number of likely N-dealkylation sites (tertiary alicyclic amines) is 1. The van der Waals surface area contributed by atoms with E-state index in [4.69, 9.17) is 5.73 Å². The highest BCUT2D eigenvalue weighted by Gasteiger charge is 2.26. The Morgan fingerprint density at radius 2 is 2.12 bits per heavy atom. The molecule has 0 saturated carbocycles. The standard InChI is InChI=1S/C13H22N2S/c1-13(2)6-3-7-15(10-13)9-12-5-4-11(8-14)16-12/h4-5H,3,6-10,14H2,1-2H3. The van der Waals surface area contributed by atoms with Crippen molar-refractivity contribution >= 4 is 11.3 Å². The minimum Gasteiger partial charge on any atom is -0.326 e. The Morgan fingerprint density at radius 3 is 2.75 bits per heavy atom. The van der Waals surface area contributed by atoms with Crippen molar-refractivity contribution in [3.8, 4) is 0 Å². The van der Waals surface area contributed by atoms with Crippen molar-refractivity contribution in [3.63, 3.8) is 0 Å². The summed E-state index contributed by atoms with van der Waals surface area (Å²) in [6, 6.07) is 4.39. The van der Waals surface area contributed by atoms with Gasteiger partial charge in [0.1, 0.15) is 0 Å². The fraction of sp³-hybridized carbons (Fsp3) is 0.692. The lowest BCUT2D eigenvalue weighted by Crippen LogP contribution is -2.39. The summed E-state index contributed by atoms with van der Waals surface area (Å²) in [6.45, 7) is 9.00. The first-order valence-corrected chi connectivity index (χ1v) is 6.91. The molecule has 16 heavy (non-hydrogen) atoms. The Kier molecular flexibility index (Phi) is 3.67. The predicted octanol–water partition coefficient (Wildman–Crippen LogP) is 2.83. The summed E-state index contributed by atoms with van der Waals surface area (Å²) in [7, 11) is 0. The van der Waals surface area contributed by atoms with Gasteiger partial charge in [0.05, 0.1) is 0 Å². The van der Waals surface area contributed by atoms with E-state index in [2.05, 4.69) is 30.9 Å². The van der Waals surface area contributed by atoms with Gasteiger partial charge in [0, 0.05) is 29.4 Å². The molecule has 2 N–H and O–H groups in total. The van der Waals surface area contributed by atoms with Crippen LogP contribution < -0.4 is 5.73 Å². The van der Waals surface area contributed by atoms with E-state index < -0.39 is 0 Å². The summed E-state index contributed by atoms with van der Waals surface area (Å²) < 4.78 is 0. The summed E-state index contributed by atoms with van der Waals surface area (Å²) in [5.74, 6) is 0. The molecule has 2 heterocycles. The summed E-state index contributed by atoms with van der Waals surface area (Å²) in [6.07, 6.45) is 2.70. The molecule has 2 nitrogen and oxygen atoms in total. The van der Waals surface area contributed by atoms with Gasteiger partial charge in [-0.1, -0.05) is 13.8 Å². The lowest BCUT2D eigenvalue weighted by atomic mass is 9.84. The quantitative estimate of drug-likeness (QED) is 0.877. The molecule has 0 bridgehead atoms. The molecule has 1 aromatic rings. The minimum absolute atomic E-state index is 0.492. The molecule has 0 atom stereocenters. The lowest BCUT2D eigenvalue weighted by Gasteiger charge is -2.37. The normalized spacial score (nSPS) is 21.2. The molecule has 0 aliphatic carbocycles. The van der Waals surface area contributed by atoms with Crippen LogP contribution in [0.3, 0.4) is 0 Å². The summed E-state index contributed by atoms with van der Waals surface area (Å²) in [5.41, 5.74) is 6.13. The van der Waals surface area contributed by atoms with E-state index >= 15 is 0 Å². The highest BCUT2D eigenvalue weighted by Crippen LogP contribution is 2.30. The maximum atomic E-state index is 5.64. The van der Waals surface area contributed by atoms with Crippen LogP contribution in [-0.4, -0.2) is 18.0 Å². The van der Waals surface area contributed by atoms with Crippen LogP contribution in [0.4, 0.5) is 0 Å². The molecule has 0 spiro atoms. The lowest BCUT2D eigenvalue weighted by molar-refractivity contribution is 0.112. The molecule has 1 aliphatic heterocycles. The van der Waals surface area contributed by atoms with Crippen molar-refractivity contribution in [1.82, 2.24) is 4.90 Å². The monoisotopic (exact) mass is 238 g/mol. The SMILES string of the molecule is CC1(C)CCCN(Cc2ccc(CN)s2)C1. The third-order valence-electron chi connectivity index (χ3n) is 3.28. The fourth-order valence-corrected chi connectivity index (χ4v) is 3.46. The second-order valence-electron chi connectivity index (χ2n) is 5.55. The van der Waals surface area contributed by atoms with E-state index in [1.165, 1.54) is 35.7 Å². The molecular formula is C13H22N2S. The van der Waals surface area contributed by atoms with E-state index in [0.717, 1.165) is 6.54 Å². The van der Waals surface area contributed by atoms with E-state index in [9.17, 15) is 0 Å². The first-order valence-electron chi connectivity index (χ1n) is 6.09. The number of piperidine rings is 1. The Labute approximate surface area is 102 Å². The second kappa shape index (κ2) is 4.86. The van der Waals surface area contributed by atoms with E-state index in [-0.39, 0.29) is 0 Å². The molecular weight excluding hydrogens is 216 g/mol. The van der Waals surface area contributed by atoms with Gasteiger partial charge >= 0.3 is 0 Å². The van der Waals surface area contributed by atoms with Gasteiger partial charge in [0.25, 0.3) is 0 Å². The molecule has 1 aromatic heterocycles. The first-order chi connectivity index (χ1) is 7.59. The highest BCUT2D eigenvalue weighted by molar-refractivity contribution is 7.11. The van der Waals surface area contributed by atoms with Gasteiger partial charge in [-0.2, -0.15) is 0 Å². The van der Waals surface area contributed by atoms with Crippen LogP contribution in [0.5, 0.6) is 0 Å². The fourth-order valence-electron chi connectivity index (χ4n) is 2.52. The first kappa shape index (κ1) is 12.1. The minimum atomic E-state index is 0.492. The molecule has 0 amide bonds. The number of nitrogens with two attached hydrogens (primary N) is 1. The van der Waals surface area contributed by atoms with Gasteiger partial charge in [0.2, 0.25) is 0 Å². The zero-order valence-electron chi connectivity index (χ0n) is 10.3. The molecule has 1 aliphatic rings. The average Bonchev–Trinajstić information content (AvgIpc) is 2.64. The van der Waals surface area contributed by atoms with Gasteiger partial charge in [-0.3, -0.25) is 4.90 Å². The number of hydrogen-bond donors (Lipinski definition) is 1. The van der Waals surface area contributed by atoms with Crippen LogP contribution in [0, 0.1) is 5.41 Å². The molecule has 1 fully saturated rings. The average molecular weight is 238 g/mol. The predicted molar refractivity (Wildman–Crippen MR) is 70.5 cm³/mol. The van der Waals surface area contributed by atoms with Gasteiger partial charge in [-0.05, 0) is 36.9 Å². The van der Waals surface area contributed by atoms with Crippen molar-refractivity contribution in [2.75, 3.05) is 13.1 Å². The maximum Gasteiger partial charge on any atom is 0.0328 e. The Hall–Kier alpha value is -0.380. The van der Waals surface area contributed by atoms with E-state index in [1.807, 2.05) is 11.3 Å². The van der Waals surface area contributed by atoms with Crippen molar-refractivity contribution in [1.29, 1.82) is 0 Å². The molecule has 0 aromatic carbocycles. The van der Waals surface area contributed by atoms with Crippen LogP contribution in [-0.2, 0) is 13.1 Å². The van der Waals surface area contributed by atoms with Crippen molar-refractivity contribution in [2.24, 2.45) is 11.1 Å². The molecule has 0 unspecified atom stereocenters. The zero-order valence-corrected chi connectivity index (χ0v) is 11.1. The highest BCUT2D eigenvalue weighted by atomic mass is 32.1. The van der Waals surface area contributed by atoms with Gasteiger partial charge < -0.3 is 5.73 Å². The summed E-state index contributed by atoms with van der Waals surface area (Å²) in [4.78, 5) is 5.33. The summed E-state index contributed by atoms with van der Waals surface area (Å²) in [5, 5.41) is 0. The number of rotatable bonds is 3. The second-order valence-corrected chi connectivity index (χ2v) is 6.80. The third kappa shape index (κ3) is 3.06. The molecule has 1 saturated heterocycles. The van der Waals surface area contributed by atoms with E-state index in [1.54, 1.807) is 0 Å². The Bertz CT molecular complexity index is 343. The third-order valence-corrected chi connectivity index (χ3v) is 4.37. The van der Waals surface area contributed by atoms with Crippen molar-refractivity contribution in [2.45, 2.75) is 39.8 Å². The molecule has 2 rings (SSSR count). The van der Waals surface area contributed by atoms with Crippen molar-refractivity contribution in [3.05, 3.63) is 21.9 Å². The number of hydrogen-bond acceptors (Lipinski definition) is 3. The Morgan fingerprint density at radius 1 is 1.38 bits per heavy atom. The topological polar surface area (TPSA) is 29.3 Å². The number of nitrogens with zero attached hydrogens (tertiary/aromatic N) is 1. The van der Waals surface area contributed by atoms with Crippen molar-refractivity contribution < 1.29 is 0 Å². The van der Waals surface area contributed by atoms with E-state index in [0.29, 0.717) is 12.0 Å². The Balaban J connectivity index is 1.94. The van der Waals surface area contributed by atoms with Crippen LogP contribution in [0.2, 0.25) is 0 Å². The largest absolute Gasteiger partial charge is 0.326 e. The zero-order chi connectivity index (χ0) is 11.6. The molecule has 0 radical (unpaired) electrons. The maximum absolute atomic E-state index is 5.64. The summed E-state index contributed by atoms with van der Waals surface area (Å²) >= 11 is 1.86. The molecule has 90 valence electrons. The van der Waals surface area contributed by atoms with Crippen LogP contribution >= 0.6 is 11.3 Å². The van der Waals surface area contributed by atoms with Gasteiger partial charge in [-0.15, -0.1) is 11.3 Å². The smallest absolute Gasteiger partial charge is 0.0328 e. The van der Waals surface area contributed by atoms with Gasteiger partial charge in [0.15, 0.2) is 0 Å². The molecule has 3 heteroatoms. The number of thiophene rings is 1.